The van der Waals surface area contributed by atoms with E-state index in [-0.39, 0.29) is 12.4 Å². The Hall–Kier alpha value is -2.28. The van der Waals surface area contributed by atoms with Crippen molar-refractivity contribution in [1.29, 1.82) is 0 Å². The molecule has 24 heavy (non-hydrogen) atoms. The Kier molecular flexibility index (Phi) is 3.60. The maximum Gasteiger partial charge on any atom is 0.0569 e. The van der Waals surface area contributed by atoms with Gasteiger partial charge in [0.1, 0.15) is 0 Å². The zero-order valence-corrected chi connectivity index (χ0v) is 14.3. The molecule has 0 spiro atoms. The van der Waals surface area contributed by atoms with Gasteiger partial charge in [-0.05, 0) is 37.7 Å². The number of halogens is 2. The summed E-state index contributed by atoms with van der Waals surface area (Å²) in [6, 6.07) is 28.7. The van der Waals surface area contributed by atoms with E-state index in [2.05, 4.69) is 72.8 Å². The SMILES string of the molecule is Cl.Clc1[c]ccc2ccc3c4ccc5ccccc5c4ccc3c12. The number of rotatable bonds is 0. The smallest absolute Gasteiger partial charge is 0.0569 e. The second-order valence-corrected chi connectivity index (χ2v) is 6.24. The second-order valence-electron chi connectivity index (χ2n) is 5.86. The lowest BCUT2D eigenvalue weighted by Gasteiger charge is -2.10. The Morgan fingerprint density at radius 1 is 0.583 bits per heavy atom. The van der Waals surface area contributed by atoms with E-state index in [4.69, 9.17) is 11.6 Å². The molecule has 2 heteroatoms. The molecule has 0 saturated heterocycles. The van der Waals surface area contributed by atoms with E-state index in [1.54, 1.807) is 0 Å². The molecule has 0 aliphatic carbocycles. The molecule has 115 valence electrons. The average molecular weight is 348 g/mol. The summed E-state index contributed by atoms with van der Waals surface area (Å²) in [6.45, 7) is 0. The minimum atomic E-state index is 0. The summed E-state index contributed by atoms with van der Waals surface area (Å²) in [5, 5.41) is 10.5. The predicted octanol–water partition coefficient (Wildman–Crippen LogP) is 7.17. The fourth-order valence-corrected chi connectivity index (χ4v) is 3.86. The fourth-order valence-electron chi connectivity index (χ4n) is 3.58. The lowest BCUT2D eigenvalue weighted by molar-refractivity contribution is 1.76. The molecule has 0 aromatic heterocycles. The quantitative estimate of drug-likeness (QED) is 0.260. The highest BCUT2D eigenvalue weighted by Gasteiger charge is 2.08. The molecule has 0 nitrogen and oxygen atoms in total. The van der Waals surface area contributed by atoms with Gasteiger partial charge >= 0.3 is 0 Å². The van der Waals surface area contributed by atoms with Crippen LogP contribution in [0.25, 0.3) is 43.1 Å². The minimum absolute atomic E-state index is 0. The van der Waals surface area contributed by atoms with Gasteiger partial charge in [0.05, 0.1) is 5.02 Å². The normalized spacial score (nSPS) is 11.2. The predicted molar refractivity (Wildman–Crippen MR) is 108 cm³/mol. The van der Waals surface area contributed by atoms with Gasteiger partial charge in [-0.3, -0.25) is 0 Å². The highest BCUT2D eigenvalue weighted by Crippen LogP contribution is 2.36. The summed E-state index contributed by atoms with van der Waals surface area (Å²) >= 11 is 6.43. The van der Waals surface area contributed by atoms with Crippen molar-refractivity contribution in [1.82, 2.24) is 0 Å². The second kappa shape index (κ2) is 5.66. The molecule has 1 radical (unpaired) electrons. The van der Waals surface area contributed by atoms with Gasteiger partial charge in [-0.25, -0.2) is 0 Å². The summed E-state index contributed by atoms with van der Waals surface area (Å²) < 4.78 is 0. The molecule has 0 saturated carbocycles. The first-order chi connectivity index (χ1) is 11.3. The van der Waals surface area contributed by atoms with Gasteiger partial charge in [-0.2, -0.15) is 0 Å². The molecule has 0 aliphatic rings. The summed E-state index contributed by atoms with van der Waals surface area (Å²) in [5.41, 5.74) is 0. The molecule has 0 N–H and O–H groups in total. The average Bonchev–Trinajstić information content (AvgIpc) is 2.61. The van der Waals surface area contributed by atoms with E-state index < -0.39 is 0 Å². The molecule has 0 unspecified atom stereocenters. The zero-order chi connectivity index (χ0) is 15.4. The lowest BCUT2D eigenvalue weighted by atomic mass is 9.94. The van der Waals surface area contributed by atoms with Crippen molar-refractivity contribution in [3.8, 4) is 0 Å². The van der Waals surface area contributed by atoms with Crippen LogP contribution in [-0.2, 0) is 0 Å². The van der Waals surface area contributed by atoms with Gasteiger partial charge in [-0.1, -0.05) is 84.4 Å². The lowest BCUT2D eigenvalue weighted by Crippen LogP contribution is -1.83. The molecule has 5 aromatic rings. The van der Waals surface area contributed by atoms with Gasteiger partial charge in [0, 0.05) is 11.5 Å². The van der Waals surface area contributed by atoms with E-state index in [0.717, 1.165) is 10.8 Å². The van der Waals surface area contributed by atoms with Crippen LogP contribution in [0.4, 0.5) is 0 Å². The topological polar surface area (TPSA) is 0 Å². The van der Waals surface area contributed by atoms with Gasteiger partial charge in [0.15, 0.2) is 0 Å². The third-order valence-corrected chi connectivity index (χ3v) is 4.95. The van der Waals surface area contributed by atoms with E-state index in [9.17, 15) is 0 Å². The number of fused-ring (bicyclic) bond motifs is 7. The van der Waals surface area contributed by atoms with E-state index in [0.29, 0.717) is 5.02 Å². The van der Waals surface area contributed by atoms with Crippen molar-refractivity contribution in [2.24, 2.45) is 0 Å². The Morgan fingerprint density at radius 3 is 2.08 bits per heavy atom. The van der Waals surface area contributed by atoms with Crippen molar-refractivity contribution < 1.29 is 0 Å². The minimum Gasteiger partial charge on any atom is -0.147 e. The van der Waals surface area contributed by atoms with Crippen LogP contribution in [0, 0.1) is 6.07 Å². The standard InChI is InChI=1S/C22H12Cl.ClH/c23-21-7-3-5-15-9-11-19-18-10-8-14-4-1-2-6-16(14)17(18)12-13-20(19)22(15)21;/h1-6,8-13H;1H. The van der Waals surface area contributed by atoms with Crippen LogP contribution in [0.1, 0.15) is 0 Å². The Morgan fingerprint density at radius 2 is 1.21 bits per heavy atom. The molecule has 0 heterocycles. The maximum atomic E-state index is 6.43. The zero-order valence-electron chi connectivity index (χ0n) is 12.7. The molecule has 0 atom stereocenters. The van der Waals surface area contributed by atoms with Gasteiger partial charge < -0.3 is 0 Å². The van der Waals surface area contributed by atoms with Crippen LogP contribution in [-0.4, -0.2) is 0 Å². The van der Waals surface area contributed by atoms with Crippen molar-refractivity contribution in [3.63, 3.8) is 0 Å². The van der Waals surface area contributed by atoms with E-state index in [1.165, 1.54) is 32.3 Å². The highest BCUT2D eigenvalue weighted by molar-refractivity contribution is 6.38. The van der Waals surface area contributed by atoms with Crippen molar-refractivity contribution in [2.45, 2.75) is 0 Å². The molecule has 5 aromatic carbocycles. The number of benzene rings is 5. The number of hydrogen-bond acceptors (Lipinski definition) is 0. The highest BCUT2D eigenvalue weighted by atomic mass is 35.5. The first-order valence-electron chi connectivity index (χ1n) is 7.66. The summed E-state index contributed by atoms with van der Waals surface area (Å²) in [4.78, 5) is 0. The fraction of sp³-hybridized carbons (Fsp3) is 0. The maximum absolute atomic E-state index is 6.43. The molecule has 5 rings (SSSR count). The Bertz CT molecular complexity index is 1220. The third kappa shape index (κ3) is 2.07. The summed E-state index contributed by atoms with van der Waals surface area (Å²) in [7, 11) is 0. The van der Waals surface area contributed by atoms with Crippen molar-refractivity contribution in [3.05, 3.63) is 83.9 Å². The Labute approximate surface area is 151 Å². The monoisotopic (exact) mass is 347 g/mol. The first kappa shape index (κ1) is 15.3. The summed E-state index contributed by atoms with van der Waals surface area (Å²) in [5.74, 6) is 0. The largest absolute Gasteiger partial charge is 0.147 e. The molecular formula is C22H13Cl2. The van der Waals surface area contributed by atoms with Crippen molar-refractivity contribution >= 4 is 67.1 Å². The van der Waals surface area contributed by atoms with Crippen LogP contribution in [0.15, 0.2) is 72.8 Å². The molecule has 0 bridgehead atoms. The van der Waals surface area contributed by atoms with Crippen LogP contribution in [0.3, 0.4) is 0 Å². The van der Waals surface area contributed by atoms with Gasteiger partial charge in [-0.15, -0.1) is 12.4 Å². The summed E-state index contributed by atoms with van der Waals surface area (Å²) in [6.07, 6.45) is 0. The molecule has 0 aliphatic heterocycles. The van der Waals surface area contributed by atoms with Gasteiger partial charge in [0.2, 0.25) is 0 Å². The van der Waals surface area contributed by atoms with Crippen molar-refractivity contribution in [2.75, 3.05) is 0 Å². The first-order valence-corrected chi connectivity index (χ1v) is 8.04. The molecular weight excluding hydrogens is 335 g/mol. The van der Waals surface area contributed by atoms with E-state index >= 15 is 0 Å². The van der Waals surface area contributed by atoms with E-state index in [1.807, 2.05) is 6.07 Å². The Balaban J connectivity index is 0.00000146. The molecule has 0 fully saturated rings. The third-order valence-electron chi connectivity index (χ3n) is 4.65. The van der Waals surface area contributed by atoms with Crippen LogP contribution in [0.5, 0.6) is 0 Å². The van der Waals surface area contributed by atoms with Crippen LogP contribution < -0.4 is 0 Å². The van der Waals surface area contributed by atoms with Crippen LogP contribution in [0.2, 0.25) is 5.02 Å². The van der Waals surface area contributed by atoms with Gasteiger partial charge in [0.25, 0.3) is 0 Å². The van der Waals surface area contributed by atoms with Crippen LogP contribution >= 0.6 is 24.0 Å². The molecule has 0 amide bonds. The number of hydrogen-bond donors (Lipinski definition) is 0.